The molecule has 2 aromatic carbocycles. The fraction of sp³-hybridized carbons (Fsp3) is 0.364. The quantitative estimate of drug-likeness (QED) is 0.714. The van der Waals surface area contributed by atoms with Crippen molar-refractivity contribution in [3.8, 4) is 11.5 Å². The number of nitrogens with one attached hydrogen (secondary N) is 2. The minimum Gasteiger partial charge on any atom is -0.493 e. The maximum atomic E-state index is 12.5. The first-order valence-corrected chi connectivity index (χ1v) is 9.32. The summed E-state index contributed by atoms with van der Waals surface area (Å²) in [5, 5.41) is 5.43. The second kappa shape index (κ2) is 9.78. The normalized spacial score (nSPS) is 11.6. The van der Waals surface area contributed by atoms with Crippen LogP contribution in [0, 0.1) is 5.92 Å². The smallest absolute Gasteiger partial charge is 0.313 e. The molecule has 1 atom stereocenters. The number of hydrogen-bond acceptors (Lipinski definition) is 4. The van der Waals surface area contributed by atoms with Gasteiger partial charge in [0.2, 0.25) is 0 Å². The Bertz CT molecular complexity index is 816. The van der Waals surface area contributed by atoms with E-state index in [0.29, 0.717) is 17.2 Å². The summed E-state index contributed by atoms with van der Waals surface area (Å²) in [5.41, 5.74) is 2.65. The number of carbonyl (C=O) groups excluding carboxylic acids is 2. The van der Waals surface area contributed by atoms with Gasteiger partial charge in [-0.3, -0.25) is 9.59 Å². The van der Waals surface area contributed by atoms with Crippen LogP contribution in [0.15, 0.2) is 42.5 Å². The van der Waals surface area contributed by atoms with E-state index < -0.39 is 11.8 Å². The third-order valence-electron chi connectivity index (χ3n) is 4.55. The third kappa shape index (κ3) is 5.25. The summed E-state index contributed by atoms with van der Waals surface area (Å²) in [5.74, 6) is -0.279. The van der Waals surface area contributed by atoms with Crippen LogP contribution in [0.5, 0.6) is 11.5 Å². The molecule has 0 heterocycles. The van der Waals surface area contributed by atoms with Gasteiger partial charge in [-0.15, -0.1) is 0 Å². The molecule has 28 heavy (non-hydrogen) atoms. The van der Waals surface area contributed by atoms with Crippen LogP contribution >= 0.6 is 0 Å². The zero-order chi connectivity index (χ0) is 20.7. The monoisotopic (exact) mass is 384 g/mol. The molecule has 0 aliphatic heterocycles. The molecule has 6 heteroatoms. The first-order valence-electron chi connectivity index (χ1n) is 9.32. The van der Waals surface area contributed by atoms with E-state index in [9.17, 15) is 9.59 Å². The van der Waals surface area contributed by atoms with Gasteiger partial charge in [-0.05, 0) is 35.6 Å². The predicted molar refractivity (Wildman–Crippen MR) is 110 cm³/mol. The van der Waals surface area contributed by atoms with Crippen LogP contribution in [0.4, 0.5) is 5.69 Å². The number of rotatable bonds is 7. The Balaban J connectivity index is 2.09. The van der Waals surface area contributed by atoms with Gasteiger partial charge in [-0.1, -0.05) is 45.0 Å². The number of ether oxygens (including phenoxy) is 2. The third-order valence-corrected chi connectivity index (χ3v) is 4.55. The van der Waals surface area contributed by atoms with Gasteiger partial charge in [0.15, 0.2) is 11.5 Å². The maximum absolute atomic E-state index is 12.5. The molecular formula is C22H28N2O4. The van der Waals surface area contributed by atoms with Crippen molar-refractivity contribution in [2.24, 2.45) is 5.92 Å². The van der Waals surface area contributed by atoms with Crippen molar-refractivity contribution in [2.75, 3.05) is 19.5 Å². The molecule has 0 spiro atoms. The van der Waals surface area contributed by atoms with E-state index >= 15 is 0 Å². The molecule has 1 unspecified atom stereocenters. The van der Waals surface area contributed by atoms with Gasteiger partial charge in [-0.2, -0.15) is 0 Å². The average molecular weight is 384 g/mol. The van der Waals surface area contributed by atoms with Gasteiger partial charge in [0.05, 0.1) is 20.3 Å². The molecule has 0 aliphatic rings. The van der Waals surface area contributed by atoms with E-state index in [-0.39, 0.29) is 12.0 Å². The Morgan fingerprint density at radius 2 is 1.57 bits per heavy atom. The molecule has 0 aliphatic carbocycles. The Morgan fingerprint density at radius 1 is 0.929 bits per heavy atom. The molecule has 2 aromatic rings. The van der Waals surface area contributed by atoms with Crippen LogP contribution in [-0.4, -0.2) is 26.0 Å². The fourth-order valence-electron chi connectivity index (χ4n) is 2.90. The molecule has 2 amide bonds. The molecule has 150 valence electrons. The Hall–Kier alpha value is -3.02. The van der Waals surface area contributed by atoms with Crippen molar-refractivity contribution in [3.63, 3.8) is 0 Å². The van der Waals surface area contributed by atoms with Crippen LogP contribution in [0.1, 0.15) is 37.9 Å². The maximum Gasteiger partial charge on any atom is 0.313 e. The highest BCUT2D eigenvalue weighted by molar-refractivity contribution is 6.39. The molecule has 0 saturated heterocycles. The topological polar surface area (TPSA) is 76.7 Å². The van der Waals surface area contributed by atoms with Gasteiger partial charge in [0.1, 0.15) is 0 Å². The van der Waals surface area contributed by atoms with E-state index in [1.807, 2.05) is 38.1 Å². The van der Waals surface area contributed by atoms with Crippen LogP contribution in [-0.2, 0) is 16.0 Å². The van der Waals surface area contributed by atoms with Crippen LogP contribution in [0.2, 0.25) is 0 Å². The summed E-state index contributed by atoms with van der Waals surface area (Å²) in [4.78, 5) is 24.8. The first-order chi connectivity index (χ1) is 13.4. The van der Waals surface area contributed by atoms with E-state index in [0.717, 1.165) is 12.0 Å². The largest absolute Gasteiger partial charge is 0.493 e. The Morgan fingerprint density at radius 3 is 2.11 bits per heavy atom. The molecule has 0 radical (unpaired) electrons. The summed E-state index contributed by atoms with van der Waals surface area (Å²) >= 11 is 0. The number of benzene rings is 2. The summed E-state index contributed by atoms with van der Waals surface area (Å²) in [6, 6.07) is 12.7. The van der Waals surface area contributed by atoms with Crippen molar-refractivity contribution < 1.29 is 19.1 Å². The molecule has 0 saturated carbocycles. The van der Waals surface area contributed by atoms with Crippen molar-refractivity contribution in [1.29, 1.82) is 0 Å². The Labute approximate surface area is 166 Å². The summed E-state index contributed by atoms with van der Waals surface area (Å²) in [6.07, 6.45) is 0.951. The van der Waals surface area contributed by atoms with Crippen LogP contribution in [0.25, 0.3) is 0 Å². The van der Waals surface area contributed by atoms with Crippen molar-refractivity contribution in [2.45, 2.75) is 33.2 Å². The van der Waals surface area contributed by atoms with Gasteiger partial charge in [0.25, 0.3) is 0 Å². The fourth-order valence-corrected chi connectivity index (χ4v) is 2.90. The first kappa shape index (κ1) is 21.3. The number of hydrogen-bond donors (Lipinski definition) is 2. The number of amides is 2. The van der Waals surface area contributed by atoms with E-state index in [1.54, 1.807) is 18.2 Å². The highest BCUT2D eigenvalue weighted by atomic mass is 16.5. The van der Waals surface area contributed by atoms with Gasteiger partial charge in [0, 0.05) is 11.8 Å². The summed E-state index contributed by atoms with van der Waals surface area (Å²) in [7, 11) is 3.04. The molecule has 0 bridgehead atoms. The summed E-state index contributed by atoms with van der Waals surface area (Å²) in [6.45, 7) is 6.10. The lowest BCUT2D eigenvalue weighted by molar-refractivity contribution is -0.136. The zero-order valence-electron chi connectivity index (χ0n) is 17.0. The number of aryl methyl sites for hydroxylation is 1. The standard InChI is InChI=1S/C22H28N2O4/c1-6-15-7-9-16(10-8-15)20(14(2)3)24-22(26)21(25)23-17-11-12-18(27-4)19(13-17)28-5/h7-14,20H,6H2,1-5H3,(H,23,25)(H,24,26). The van der Waals surface area contributed by atoms with Crippen molar-refractivity contribution >= 4 is 17.5 Å². The minimum absolute atomic E-state index is 0.130. The van der Waals surface area contributed by atoms with E-state index in [2.05, 4.69) is 17.6 Å². The zero-order valence-corrected chi connectivity index (χ0v) is 17.0. The number of methoxy groups -OCH3 is 2. The molecule has 2 rings (SSSR count). The lowest BCUT2D eigenvalue weighted by Gasteiger charge is -2.23. The number of anilines is 1. The van der Waals surface area contributed by atoms with Gasteiger partial charge >= 0.3 is 11.8 Å². The predicted octanol–water partition coefficient (Wildman–Crippen LogP) is 3.72. The summed E-state index contributed by atoms with van der Waals surface area (Å²) < 4.78 is 10.4. The highest BCUT2D eigenvalue weighted by Gasteiger charge is 2.23. The Kier molecular flexibility index (Phi) is 7.44. The van der Waals surface area contributed by atoms with Crippen LogP contribution in [0.3, 0.4) is 0 Å². The van der Waals surface area contributed by atoms with E-state index in [4.69, 9.17) is 9.47 Å². The molecule has 6 nitrogen and oxygen atoms in total. The SMILES string of the molecule is CCc1ccc(C(NC(=O)C(=O)Nc2ccc(OC)c(OC)c2)C(C)C)cc1. The molecular weight excluding hydrogens is 356 g/mol. The molecule has 2 N–H and O–H groups in total. The molecule has 0 aromatic heterocycles. The second-order valence-corrected chi connectivity index (χ2v) is 6.81. The molecule has 0 fully saturated rings. The van der Waals surface area contributed by atoms with Gasteiger partial charge < -0.3 is 20.1 Å². The van der Waals surface area contributed by atoms with Crippen molar-refractivity contribution in [1.82, 2.24) is 5.32 Å². The van der Waals surface area contributed by atoms with Crippen LogP contribution < -0.4 is 20.1 Å². The van der Waals surface area contributed by atoms with E-state index in [1.165, 1.54) is 19.8 Å². The lowest BCUT2D eigenvalue weighted by Crippen LogP contribution is -2.39. The highest BCUT2D eigenvalue weighted by Crippen LogP contribution is 2.29. The van der Waals surface area contributed by atoms with Crippen molar-refractivity contribution in [3.05, 3.63) is 53.6 Å². The lowest BCUT2D eigenvalue weighted by atomic mass is 9.95. The number of carbonyl (C=O) groups is 2. The second-order valence-electron chi connectivity index (χ2n) is 6.81. The average Bonchev–Trinajstić information content (AvgIpc) is 2.71. The van der Waals surface area contributed by atoms with Gasteiger partial charge in [-0.25, -0.2) is 0 Å². The minimum atomic E-state index is -0.733.